The first-order valence-electron chi connectivity index (χ1n) is 15.1. The van der Waals surface area contributed by atoms with E-state index in [2.05, 4.69) is 23.0 Å². The van der Waals surface area contributed by atoms with Gasteiger partial charge in [0.05, 0.1) is 26.3 Å². The van der Waals surface area contributed by atoms with Gasteiger partial charge in [0.15, 0.2) is 5.82 Å². The number of carbonyl (C=O) groups is 2. The van der Waals surface area contributed by atoms with Crippen molar-refractivity contribution in [3.8, 4) is 22.9 Å². The van der Waals surface area contributed by atoms with Gasteiger partial charge in [0, 0.05) is 55.9 Å². The van der Waals surface area contributed by atoms with Crippen molar-refractivity contribution in [3.63, 3.8) is 0 Å². The molecular formula is C34H41N5O4. The third kappa shape index (κ3) is 6.82. The molecule has 226 valence electrons. The maximum absolute atomic E-state index is 14.1. The van der Waals surface area contributed by atoms with Crippen LogP contribution in [0.1, 0.15) is 54.6 Å². The highest BCUT2D eigenvalue weighted by atomic mass is 16.5. The summed E-state index contributed by atoms with van der Waals surface area (Å²) in [5, 5.41) is 0. The SMILES string of the molecule is CCN1CCCN(C(=O)c2cnc(-c3ccccc3)nc2)CCC/C2=C/[C@H](C)Cc3c(cc(OC)cc3OC)CN2C1=O. The standard InChI is InChI=1S/C34H41N5O4/c1-5-37-15-10-16-38(33(40)27-21-35-32(36-22-27)25-11-7-6-8-12-25)14-9-13-28-17-24(2)18-30-26(23-39(28)34(37)41)19-29(42-3)20-31(30)43-4/h6-8,11-12,17,19-22,24H,5,9-10,13-16,18,23H2,1-4H3/b28-17-/t24-/m0/s1. The Morgan fingerprint density at radius 2 is 1.74 bits per heavy atom. The number of hydrogen-bond acceptors (Lipinski definition) is 6. The zero-order valence-corrected chi connectivity index (χ0v) is 25.6. The second-order valence-corrected chi connectivity index (χ2v) is 11.2. The number of hydrogen-bond donors (Lipinski definition) is 0. The zero-order valence-electron chi connectivity index (χ0n) is 25.6. The van der Waals surface area contributed by atoms with Crippen LogP contribution < -0.4 is 9.47 Å². The Morgan fingerprint density at radius 1 is 1.00 bits per heavy atom. The van der Waals surface area contributed by atoms with Crippen molar-refractivity contribution in [2.45, 2.75) is 46.1 Å². The van der Waals surface area contributed by atoms with Gasteiger partial charge < -0.3 is 19.3 Å². The van der Waals surface area contributed by atoms with Crippen LogP contribution in [0.25, 0.3) is 11.4 Å². The van der Waals surface area contributed by atoms with E-state index in [1.165, 1.54) is 0 Å². The molecule has 0 aliphatic carbocycles. The highest BCUT2D eigenvalue weighted by Gasteiger charge is 2.29. The Bertz CT molecular complexity index is 1460. The summed E-state index contributed by atoms with van der Waals surface area (Å²) in [7, 11) is 3.32. The van der Waals surface area contributed by atoms with Crippen molar-refractivity contribution in [3.05, 3.63) is 83.3 Å². The predicted molar refractivity (Wildman–Crippen MR) is 166 cm³/mol. The van der Waals surface area contributed by atoms with Crippen molar-refractivity contribution in [2.24, 2.45) is 5.92 Å². The number of methoxy groups -OCH3 is 2. The Hall–Kier alpha value is -4.40. The molecule has 3 amide bonds. The van der Waals surface area contributed by atoms with Gasteiger partial charge in [-0.15, -0.1) is 0 Å². The van der Waals surface area contributed by atoms with Crippen LogP contribution in [0, 0.1) is 5.92 Å². The number of fused-ring (bicyclic) bond motifs is 2. The lowest BCUT2D eigenvalue weighted by atomic mass is 9.91. The van der Waals surface area contributed by atoms with Gasteiger partial charge in [0.25, 0.3) is 5.91 Å². The molecule has 3 heterocycles. The van der Waals surface area contributed by atoms with Gasteiger partial charge in [0.2, 0.25) is 0 Å². The smallest absolute Gasteiger partial charge is 0.324 e. The van der Waals surface area contributed by atoms with E-state index in [1.54, 1.807) is 26.6 Å². The molecule has 0 unspecified atom stereocenters. The van der Waals surface area contributed by atoms with E-state index in [0.29, 0.717) is 62.7 Å². The minimum Gasteiger partial charge on any atom is -0.497 e. The number of ether oxygens (including phenoxy) is 2. The third-order valence-electron chi connectivity index (χ3n) is 8.23. The highest BCUT2D eigenvalue weighted by Crippen LogP contribution is 2.35. The first-order valence-corrected chi connectivity index (χ1v) is 15.1. The zero-order chi connectivity index (χ0) is 30.3. The summed E-state index contributed by atoms with van der Waals surface area (Å²) >= 11 is 0. The second-order valence-electron chi connectivity index (χ2n) is 11.2. The number of benzene rings is 2. The molecule has 43 heavy (non-hydrogen) atoms. The van der Waals surface area contributed by atoms with Gasteiger partial charge >= 0.3 is 6.03 Å². The monoisotopic (exact) mass is 583 g/mol. The summed E-state index contributed by atoms with van der Waals surface area (Å²) in [6.07, 6.45) is 8.34. The first kappa shape index (κ1) is 30.1. The average molecular weight is 584 g/mol. The summed E-state index contributed by atoms with van der Waals surface area (Å²) in [4.78, 5) is 42.3. The maximum atomic E-state index is 14.1. The van der Waals surface area contributed by atoms with Gasteiger partial charge in [0.1, 0.15) is 11.5 Å². The molecule has 2 aliphatic rings. The van der Waals surface area contributed by atoms with E-state index < -0.39 is 0 Å². The Morgan fingerprint density at radius 3 is 2.44 bits per heavy atom. The quantitative estimate of drug-likeness (QED) is 0.377. The minimum absolute atomic E-state index is 0.0136. The molecule has 0 N–H and O–H groups in total. The molecule has 1 atom stereocenters. The summed E-state index contributed by atoms with van der Waals surface area (Å²) < 4.78 is 11.3. The largest absolute Gasteiger partial charge is 0.497 e. The van der Waals surface area contributed by atoms with Gasteiger partial charge in [-0.1, -0.05) is 43.3 Å². The molecule has 1 fully saturated rings. The van der Waals surface area contributed by atoms with E-state index in [0.717, 1.165) is 41.0 Å². The van der Waals surface area contributed by atoms with Crippen LogP contribution in [0.15, 0.2) is 66.6 Å². The molecular weight excluding hydrogens is 542 g/mol. The Balaban J connectivity index is 1.40. The summed E-state index contributed by atoms with van der Waals surface area (Å²) in [6.45, 7) is 6.87. The third-order valence-corrected chi connectivity index (χ3v) is 8.23. The molecule has 2 aromatic carbocycles. The summed E-state index contributed by atoms with van der Waals surface area (Å²) in [5.74, 6) is 2.18. The number of nitrogens with zero attached hydrogens (tertiary/aromatic N) is 5. The van der Waals surface area contributed by atoms with Crippen molar-refractivity contribution in [2.75, 3.05) is 40.4 Å². The fourth-order valence-corrected chi connectivity index (χ4v) is 5.96. The number of aromatic nitrogens is 2. The summed E-state index contributed by atoms with van der Waals surface area (Å²) in [5.41, 5.74) is 4.51. The fraction of sp³-hybridized carbons (Fsp3) is 0.412. The Labute approximate surface area is 254 Å². The molecule has 9 nitrogen and oxygen atoms in total. The Kier molecular flexibility index (Phi) is 9.59. The van der Waals surface area contributed by atoms with E-state index in [9.17, 15) is 9.59 Å². The van der Waals surface area contributed by atoms with Crippen molar-refractivity contribution in [1.82, 2.24) is 24.7 Å². The summed E-state index contributed by atoms with van der Waals surface area (Å²) in [6, 6.07) is 13.6. The van der Waals surface area contributed by atoms with E-state index in [-0.39, 0.29) is 17.9 Å². The van der Waals surface area contributed by atoms with Crippen molar-refractivity contribution in [1.29, 1.82) is 0 Å². The average Bonchev–Trinajstić information content (AvgIpc) is 3.06. The molecule has 1 saturated heterocycles. The molecule has 0 radical (unpaired) electrons. The first-order chi connectivity index (χ1) is 20.9. The second kappa shape index (κ2) is 13.7. The number of rotatable bonds is 5. The van der Waals surface area contributed by atoms with Gasteiger partial charge in [-0.05, 0) is 55.7 Å². The van der Waals surface area contributed by atoms with Crippen LogP contribution in [-0.4, -0.2) is 77.0 Å². The molecule has 5 rings (SSSR count). The molecule has 0 bridgehead atoms. The molecule has 2 aliphatic heterocycles. The van der Waals surface area contributed by atoms with Crippen LogP contribution in [0.5, 0.6) is 11.5 Å². The van der Waals surface area contributed by atoms with Crippen LogP contribution >= 0.6 is 0 Å². The molecule has 3 aromatic rings. The topological polar surface area (TPSA) is 88.1 Å². The molecule has 0 saturated carbocycles. The number of urea groups is 1. The number of carbonyl (C=O) groups excluding carboxylic acids is 2. The maximum Gasteiger partial charge on any atom is 0.324 e. The number of amides is 3. The van der Waals surface area contributed by atoms with Gasteiger partial charge in [-0.25, -0.2) is 14.8 Å². The normalized spacial score (nSPS) is 19.2. The van der Waals surface area contributed by atoms with E-state index in [4.69, 9.17) is 9.47 Å². The molecule has 0 spiro atoms. The van der Waals surface area contributed by atoms with E-state index >= 15 is 0 Å². The fourth-order valence-electron chi connectivity index (χ4n) is 5.96. The number of allylic oxidation sites excluding steroid dienone is 2. The lowest BCUT2D eigenvalue weighted by Crippen LogP contribution is -2.43. The molecule has 9 heteroatoms. The van der Waals surface area contributed by atoms with Crippen LogP contribution in [0.4, 0.5) is 4.79 Å². The molecule has 1 aromatic heterocycles. The lowest BCUT2D eigenvalue weighted by Gasteiger charge is -2.34. The van der Waals surface area contributed by atoms with Crippen LogP contribution in [-0.2, 0) is 13.0 Å². The predicted octanol–water partition coefficient (Wildman–Crippen LogP) is 5.81. The highest BCUT2D eigenvalue weighted by molar-refractivity contribution is 5.93. The van der Waals surface area contributed by atoms with Crippen LogP contribution in [0.3, 0.4) is 0 Å². The lowest BCUT2D eigenvalue weighted by molar-refractivity contribution is 0.0748. The van der Waals surface area contributed by atoms with Gasteiger partial charge in [-0.2, -0.15) is 0 Å². The van der Waals surface area contributed by atoms with Crippen molar-refractivity contribution < 1.29 is 19.1 Å². The van der Waals surface area contributed by atoms with E-state index in [1.807, 2.05) is 64.1 Å². The van der Waals surface area contributed by atoms with Crippen LogP contribution in [0.2, 0.25) is 0 Å². The van der Waals surface area contributed by atoms with Crippen molar-refractivity contribution >= 4 is 11.9 Å². The van der Waals surface area contributed by atoms with Gasteiger partial charge in [-0.3, -0.25) is 9.69 Å². The minimum atomic E-state index is -0.0850.